The summed E-state index contributed by atoms with van der Waals surface area (Å²) in [5.74, 6) is 0.766. The van der Waals surface area contributed by atoms with E-state index in [1.54, 1.807) is 25.3 Å². The van der Waals surface area contributed by atoms with E-state index in [0.717, 1.165) is 11.3 Å². The number of nitrogens with one attached hydrogen (secondary N) is 1. The van der Waals surface area contributed by atoms with Crippen LogP contribution in [0.4, 0.5) is 4.39 Å². The number of rotatable bonds is 5. The Kier molecular flexibility index (Phi) is 4.89. The van der Waals surface area contributed by atoms with Gasteiger partial charge in [-0.1, -0.05) is 0 Å². The molecule has 0 fully saturated rings. The lowest BCUT2D eigenvalue weighted by atomic mass is 10.2. The molecule has 1 amide bonds. The van der Waals surface area contributed by atoms with Gasteiger partial charge in [0, 0.05) is 5.56 Å². The average molecular weight is 308 g/mol. The minimum atomic E-state index is -0.470. The van der Waals surface area contributed by atoms with E-state index in [0.29, 0.717) is 17.1 Å². The summed E-state index contributed by atoms with van der Waals surface area (Å²) in [5, 5.41) is 3.42. The van der Waals surface area contributed by atoms with Gasteiger partial charge in [-0.3, -0.25) is 4.79 Å². The van der Waals surface area contributed by atoms with Gasteiger partial charge in [-0.25, -0.2) is 5.43 Å². The Hall–Kier alpha value is -2.41. The van der Waals surface area contributed by atoms with E-state index in [-0.39, 0.29) is 4.88 Å². The second-order valence-corrected chi connectivity index (χ2v) is 4.94. The number of carbonyl (C=O) groups is 1. The zero-order chi connectivity index (χ0) is 15.2. The van der Waals surface area contributed by atoms with Gasteiger partial charge in [0.15, 0.2) is 5.13 Å². The third-order valence-corrected chi connectivity index (χ3v) is 3.48. The van der Waals surface area contributed by atoms with Gasteiger partial charge in [0.2, 0.25) is 0 Å². The molecule has 0 saturated heterocycles. The Labute approximate surface area is 125 Å². The Bertz CT molecular complexity index is 670. The first-order valence-corrected chi connectivity index (χ1v) is 6.76. The summed E-state index contributed by atoms with van der Waals surface area (Å²) in [5.41, 5.74) is 2.98. The number of thiophene rings is 1. The molecule has 0 atom stereocenters. The summed E-state index contributed by atoms with van der Waals surface area (Å²) >= 11 is 0.759. The molecule has 1 heterocycles. The Balaban J connectivity index is 2.08. The predicted molar refractivity (Wildman–Crippen MR) is 78.9 cm³/mol. The summed E-state index contributed by atoms with van der Waals surface area (Å²) in [6, 6.07) is 7.84. The molecular formula is C14H13FN2O3S. The summed E-state index contributed by atoms with van der Waals surface area (Å²) in [6.45, 7) is 0. The Morgan fingerprint density at radius 3 is 2.71 bits per heavy atom. The molecule has 0 unspecified atom stereocenters. The Morgan fingerprint density at radius 2 is 2.10 bits per heavy atom. The number of hydrogen-bond donors (Lipinski definition) is 1. The zero-order valence-corrected chi connectivity index (χ0v) is 12.2. The van der Waals surface area contributed by atoms with Crippen molar-refractivity contribution >= 4 is 23.5 Å². The highest BCUT2D eigenvalue weighted by Gasteiger charge is 2.08. The molecule has 0 bridgehead atoms. The largest absolute Gasteiger partial charge is 0.497 e. The summed E-state index contributed by atoms with van der Waals surface area (Å²) in [7, 11) is 3.09. The summed E-state index contributed by atoms with van der Waals surface area (Å²) in [4.78, 5) is 11.9. The molecule has 1 N–H and O–H groups in total. The van der Waals surface area contributed by atoms with Crippen LogP contribution in [-0.4, -0.2) is 26.3 Å². The first-order valence-electron chi connectivity index (χ1n) is 5.95. The average Bonchev–Trinajstić information content (AvgIpc) is 2.93. The molecule has 5 nitrogen and oxygen atoms in total. The molecule has 110 valence electrons. The van der Waals surface area contributed by atoms with Gasteiger partial charge in [-0.05, 0) is 30.3 Å². The third kappa shape index (κ3) is 3.79. The van der Waals surface area contributed by atoms with Crippen LogP contribution in [0, 0.1) is 5.13 Å². The van der Waals surface area contributed by atoms with E-state index in [2.05, 4.69) is 10.5 Å². The highest BCUT2D eigenvalue weighted by Crippen LogP contribution is 2.22. The standard InChI is InChI=1S/C14H13FN2O3S/c1-19-10-3-4-11(20-2)9(7-10)8-16-17-14(18)12-5-6-13(15)21-12/h3-8H,1-2H3,(H,17,18). The molecule has 0 radical (unpaired) electrons. The quantitative estimate of drug-likeness (QED) is 0.682. The van der Waals surface area contributed by atoms with Crippen molar-refractivity contribution in [2.24, 2.45) is 5.10 Å². The molecule has 1 aromatic heterocycles. The van der Waals surface area contributed by atoms with Gasteiger partial charge in [0.05, 0.1) is 25.3 Å². The van der Waals surface area contributed by atoms with Crippen molar-refractivity contribution in [2.45, 2.75) is 0 Å². The lowest BCUT2D eigenvalue weighted by Crippen LogP contribution is -2.16. The summed E-state index contributed by atoms with van der Waals surface area (Å²) < 4.78 is 23.1. The highest BCUT2D eigenvalue weighted by molar-refractivity contribution is 7.12. The van der Waals surface area contributed by atoms with Gasteiger partial charge in [0.25, 0.3) is 5.91 Å². The van der Waals surface area contributed by atoms with Crippen molar-refractivity contribution in [1.82, 2.24) is 5.43 Å². The van der Waals surface area contributed by atoms with E-state index in [9.17, 15) is 9.18 Å². The van der Waals surface area contributed by atoms with Crippen LogP contribution in [0.2, 0.25) is 0 Å². The maximum absolute atomic E-state index is 12.8. The molecule has 7 heteroatoms. The van der Waals surface area contributed by atoms with Crippen LogP contribution >= 0.6 is 11.3 Å². The number of hydrazone groups is 1. The molecule has 1 aromatic carbocycles. The summed E-state index contributed by atoms with van der Waals surface area (Å²) in [6.07, 6.45) is 1.43. The molecule has 0 saturated carbocycles. The van der Waals surface area contributed by atoms with Crippen LogP contribution in [0.1, 0.15) is 15.2 Å². The van der Waals surface area contributed by atoms with Crippen LogP contribution in [0.15, 0.2) is 35.4 Å². The van der Waals surface area contributed by atoms with Gasteiger partial charge < -0.3 is 9.47 Å². The van der Waals surface area contributed by atoms with E-state index < -0.39 is 11.0 Å². The maximum Gasteiger partial charge on any atom is 0.281 e. The fourth-order valence-corrected chi connectivity index (χ4v) is 2.21. The molecule has 2 rings (SSSR count). The van der Waals surface area contributed by atoms with Gasteiger partial charge >= 0.3 is 0 Å². The van der Waals surface area contributed by atoms with Crippen molar-refractivity contribution in [3.05, 3.63) is 45.9 Å². The number of benzene rings is 1. The topological polar surface area (TPSA) is 59.9 Å². The Morgan fingerprint density at radius 1 is 1.29 bits per heavy atom. The minimum Gasteiger partial charge on any atom is -0.497 e. The molecule has 0 spiro atoms. The number of ether oxygens (including phenoxy) is 2. The van der Waals surface area contributed by atoms with Crippen LogP contribution in [-0.2, 0) is 0 Å². The molecule has 0 aliphatic rings. The van der Waals surface area contributed by atoms with Crippen molar-refractivity contribution in [1.29, 1.82) is 0 Å². The number of carbonyl (C=O) groups excluding carboxylic acids is 1. The monoisotopic (exact) mass is 308 g/mol. The van der Waals surface area contributed by atoms with Crippen LogP contribution in [0.25, 0.3) is 0 Å². The molecule has 0 aliphatic heterocycles. The number of amides is 1. The maximum atomic E-state index is 12.8. The van der Waals surface area contributed by atoms with Crippen LogP contribution in [0.3, 0.4) is 0 Å². The van der Waals surface area contributed by atoms with E-state index in [4.69, 9.17) is 9.47 Å². The SMILES string of the molecule is COc1ccc(OC)c(C=NNC(=O)c2ccc(F)s2)c1. The number of halogens is 1. The first kappa shape index (κ1) is 15.0. The van der Waals surface area contributed by atoms with Gasteiger partial charge in [-0.15, -0.1) is 11.3 Å². The number of nitrogens with zero attached hydrogens (tertiary/aromatic N) is 1. The highest BCUT2D eigenvalue weighted by atomic mass is 32.1. The van der Waals surface area contributed by atoms with E-state index in [1.807, 2.05) is 0 Å². The minimum absolute atomic E-state index is 0.252. The molecule has 2 aromatic rings. The van der Waals surface area contributed by atoms with Crippen molar-refractivity contribution in [3.8, 4) is 11.5 Å². The lowest BCUT2D eigenvalue weighted by molar-refractivity contribution is 0.0959. The smallest absolute Gasteiger partial charge is 0.281 e. The molecule has 0 aliphatic carbocycles. The zero-order valence-electron chi connectivity index (χ0n) is 11.4. The van der Waals surface area contributed by atoms with Crippen LogP contribution in [0.5, 0.6) is 11.5 Å². The molecular weight excluding hydrogens is 295 g/mol. The van der Waals surface area contributed by atoms with E-state index in [1.165, 1.54) is 25.5 Å². The van der Waals surface area contributed by atoms with Crippen LogP contribution < -0.4 is 14.9 Å². The second kappa shape index (κ2) is 6.85. The van der Waals surface area contributed by atoms with Crippen molar-refractivity contribution in [2.75, 3.05) is 14.2 Å². The second-order valence-electron chi connectivity index (χ2n) is 3.91. The fourth-order valence-electron chi connectivity index (χ4n) is 1.59. The number of hydrogen-bond acceptors (Lipinski definition) is 5. The predicted octanol–water partition coefficient (Wildman–Crippen LogP) is 2.67. The third-order valence-electron chi connectivity index (χ3n) is 2.60. The van der Waals surface area contributed by atoms with Crippen molar-refractivity contribution in [3.63, 3.8) is 0 Å². The molecule has 21 heavy (non-hydrogen) atoms. The van der Waals surface area contributed by atoms with Gasteiger partial charge in [-0.2, -0.15) is 9.49 Å². The lowest BCUT2D eigenvalue weighted by Gasteiger charge is -2.06. The van der Waals surface area contributed by atoms with Gasteiger partial charge in [0.1, 0.15) is 11.5 Å². The fraction of sp³-hybridized carbons (Fsp3) is 0.143. The van der Waals surface area contributed by atoms with E-state index >= 15 is 0 Å². The number of methoxy groups -OCH3 is 2. The van der Waals surface area contributed by atoms with Crippen molar-refractivity contribution < 1.29 is 18.7 Å². The normalized spacial score (nSPS) is 10.6. The first-order chi connectivity index (χ1) is 10.1.